The summed E-state index contributed by atoms with van der Waals surface area (Å²) >= 11 is 0. The first kappa shape index (κ1) is 19.4. The number of hydrogen-bond acceptors (Lipinski definition) is 5. The smallest absolute Gasteiger partial charge is 0.328 e. The quantitative estimate of drug-likeness (QED) is 0.612. The maximum Gasteiger partial charge on any atom is 0.328 e. The van der Waals surface area contributed by atoms with Gasteiger partial charge < -0.3 is 15.0 Å². The molecule has 1 aromatic rings. The lowest BCUT2D eigenvalue weighted by Crippen LogP contribution is -2.53. The van der Waals surface area contributed by atoms with E-state index < -0.39 is 29.5 Å². The molecule has 154 valence electrons. The molecule has 1 aromatic carbocycles. The molecule has 2 fully saturated rings. The molecule has 1 saturated carbocycles. The van der Waals surface area contributed by atoms with Crippen LogP contribution in [0.25, 0.3) is 0 Å². The molecule has 2 aliphatic heterocycles. The third-order valence-electron chi connectivity index (χ3n) is 6.29. The molecule has 1 spiro atoms. The normalized spacial score (nSPS) is 23.0. The van der Waals surface area contributed by atoms with E-state index in [9.17, 15) is 19.2 Å². The Morgan fingerprint density at radius 3 is 2.52 bits per heavy atom. The number of carbonyl (C=O) groups is 4. The molecule has 1 N–H and O–H groups in total. The highest BCUT2D eigenvalue weighted by Crippen LogP contribution is 2.34. The number of urea groups is 1. The van der Waals surface area contributed by atoms with Crippen LogP contribution in [-0.2, 0) is 32.1 Å². The van der Waals surface area contributed by atoms with Crippen LogP contribution in [0.5, 0.6) is 0 Å². The second-order valence-corrected chi connectivity index (χ2v) is 8.00. The van der Waals surface area contributed by atoms with Crippen molar-refractivity contribution in [1.82, 2.24) is 15.1 Å². The number of rotatable bonds is 3. The monoisotopic (exact) mass is 399 g/mol. The summed E-state index contributed by atoms with van der Waals surface area (Å²) in [5.74, 6) is -1.28. The van der Waals surface area contributed by atoms with Crippen LogP contribution in [0, 0.1) is 0 Å². The summed E-state index contributed by atoms with van der Waals surface area (Å²) in [6, 6.07) is 6.31. The van der Waals surface area contributed by atoms with Crippen LogP contribution in [0.1, 0.15) is 43.2 Å². The van der Waals surface area contributed by atoms with Gasteiger partial charge in [0.2, 0.25) is 5.91 Å². The third-order valence-corrected chi connectivity index (χ3v) is 6.29. The third kappa shape index (κ3) is 3.36. The zero-order valence-corrected chi connectivity index (χ0v) is 16.5. The van der Waals surface area contributed by atoms with Gasteiger partial charge in [-0.3, -0.25) is 14.5 Å². The fraction of sp³-hybridized carbons (Fsp3) is 0.524. The second kappa shape index (κ2) is 7.50. The van der Waals surface area contributed by atoms with Crippen LogP contribution in [0.15, 0.2) is 24.3 Å². The summed E-state index contributed by atoms with van der Waals surface area (Å²) < 4.78 is 4.89. The standard InChI is InChI=1S/C21H25N3O5/c1-29-18(26)16-11-14-7-3-4-8-15(14)12-23(16)17(25)13-24-19(27)21(22-20(24)28)9-5-2-6-10-21/h3-4,7-8,16H,2,5-6,9-13H2,1H3,(H,22,28)/t16-/m0/s1. The van der Waals surface area contributed by atoms with E-state index in [1.165, 1.54) is 12.0 Å². The van der Waals surface area contributed by atoms with Crippen LogP contribution < -0.4 is 5.32 Å². The van der Waals surface area contributed by atoms with Gasteiger partial charge in [-0.25, -0.2) is 9.59 Å². The van der Waals surface area contributed by atoms with Crippen molar-refractivity contribution >= 4 is 23.8 Å². The predicted octanol–water partition coefficient (Wildman–Crippen LogP) is 1.37. The summed E-state index contributed by atoms with van der Waals surface area (Å²) in [7, 11) is 1.29. The molecule has 4 rings (SSSR count). The average molecular weight is 399 g/mol. The first-order valence-electron chi connectivity index (χ1n) is 10.0. The molecule has 8 heteroatoms. The molecular weight excluding hydrogens is 374 g/mol. The van der Waals surface area contributed by atoms with Crippen molar-refractivity contribution < 1.29 is 23.9 Å². The largest absolute Gasteiger partial charge is 0.467 e. The molecule has 0 bridgehead atoms. The highest BCUT2D eigenvalue weighted by atomic mass is 16.5. The molecule has 8 nitrogen and oxygen atoms in total. The predicted molar refractivity (Wildman–Crippen MR) is 103 cm³/mol. The molecule has 3 aliphatic rings. The van der Waals surface area contributed by atoms with Gasteiger partial charge in [0.1, 0.15) is 18.1 Å². The Morgan fingerprint density at radius 1 is 1.14 bits per heavy atom. The first-order valence-corrected chi connectivity index (χ1v) is 10.0. The Morgan fingerprint density at radius 2 is 1.83 bits per heavy atom. The molecule has 0 radical (unpaired) electrons. The van der Waals surface area contributed by atoms with Gasteiger partial charge in [0, 0.05) is 13.0 Å². The van der Waals surface area contributed by atoms with Crippen LogP contribution in [0.4, 0.5) is 4.79 Å². The fourth-order valence-electron chi connectivity index (χ4n) is 4.67. The summed E-state index contributed by atoms with van der Waals surface area (Å²) in [5, 5.41) is 2.81. The van der Waals surface area contributed by atoms with Crippen LogP contribution in [-0.4, -0.2) is 58.8 Å². The van der Waals surface area contributed by atoms with Gasteiger partial charge in [-0.15, -0.1) is 0 Å². The molecule has 0 unspecified atom stereocenters. The number of hydrogen-bond donors (Lipinski definition) is 1. The number of esters is 1. The minimum absolute atomic E-state index is 0.240. The van der Waals surface area contributed by atoms with Gasteiger partial charge in [0.05, 0.1) is 7.11 Å². The van der Waals surface area contributed by atoms with E-state index >= 15 is 0 Å². The Kier molecular flexibility index (Phi) is 5.02. The highest BCUT2D eigenvalue weighted by molar-refractivity contribution is 6.09. The molecule has 2 heterocycles. The topological polar surface area (TPSA) is 96.0 Å². The lowest BCUT2D eigenvalue weighted by molar-refractivity contribution is -0.154. The number of ether oxygens (including phenoxy) is 1. The number of imide groups is 1. The number of benzene rings is 1. The zero-order chi connectivity index (χ0) is 20.6. The maximum atomic E-state index is 13.1. The van der Waals surface area contributed by atoms with Gasteiger partial charge in [-0.1, -0.05) is 43.5 Å². The van der Waals surface area contributed by atoms with Gasteiger partial charge in [0.25, 0.3) is 5.91 Å². The van der Waals surface area contributed by atoms with Crippen molar-refractivity contribution in [2.75, 3.05) is 13.7 Å². The van der Waals surface area contributed by atoms with E-state index in [0.29, 0.717) is 19.3 Å². The Balaban J connectivity index is 1.54. The van der Waals surface area contributed by atoms with Gasteiger partial charge in [-0.2, -0.15) is 0 Å². The van der Waals surface area contributed by atoms with E-state index in [1.807, 2.05) is 24.3 Å². The molecule has 1 aliphatic carbocycles. The highest BCUT2D eigenvalue weighted by Gasteiger charge is 2.52. The second-order valence-electron chi connectivity index (χ2n) is 8.00. The van der Waals surface area contributed by atoms with E-state index in [1.54, 1.807) is 0 Å². The lowest BCUT2D eigenvalue weighted by atomic mass is 9.82. The number of nitrogens with zero attached hydrogens (tertiary/aromatic N) is 2. The van der Waals surface area contributed by atoms with Crippen LogP contribution in [0.2, 0.25) is 0 Å². The van der Waals surface area contributed by atoms with E-state index in [-0.39, 0.29) is 19.0 Å². The minimum atomic E-state index is -0.869. The van der Waals surface area contributed by atoms with Crippen molar-refractivity contribution in [3.05, 3.63) is 35.4 Å². The summed E-state index contributed by atoms with van der Waals surface area (Å²) in [6.07, 6.45) is 4.34. The number of fused-ring (bicyclic) bond motifs is 1. The molecule has 1 atom stereocenters. The van der Waals surface area contributed by atoms with Gasteiger partial charge in [0.15, 0.2) is 0 Å². The number of amides is 4. The number of methoxy groups -OCH3 is 1. The van der Waals surface area contributed by atoms with Crippen LogP contribution in [0.3, 0.4) is 0 Å². The Labute approximate surface area is 169 Å². The number of nitrogens with one attached hydrogen (secondary N) is 1. The molecule has 1 saturated heterocycles. The Hall–Kier alpha value is -2.90. The van der Waals surface area contributed by atoms with Crippen molar-refractivity contribution in [2.24, 2.45) is 0 Å². The summed E-state index contributed by atoms with van der Waals surface area (Å²) in [4.78, 5) is 53.3. The van der Waals surface area contributed by atoms with Crippen molar-refractivity contribution in [3.63, 3.8) is 0 Å². The average Bonchev–Trinajstić information content (AvgIpc) is 2.96. The first-order chi connectivity index (χ1) is 13.9. The van der Waals surface area contributed by atoms with Crippen molar-refractivity contribution in [3.8, 4) is 0 Å². The van der Waals surface area contributed by atoms with E-state index in [2.05, 4.69) is 5.32 Å². The minimum Gasteiger partial charge on any atom is -0.467 e. The summed E-state index contributed by atoms with van der Waals surface area (Å²) in [6.45, 7) is -0.133. The fourth-order valence-corrected chi connectivity index (χ4v) is 4.67. The number of carbonyl (C=O) groups excluding carboxylic acids is 4. The van der Waals surface area contributed by atoms with E-state index in [4.69, 9.17) is 4.74 Å². The SMILES string of the molecule is COC(=O)[C@@H]1Cc2ccccc2CN1C(=O)CN1C(=O)NC2(CCCCC2)C1=O. The van der Waals surface area contributed by atoms with Crippen LogP contribution >= 0.6 is 0 Å². The maximum absolute atomic E-state index is 13.1. The molecule has 29 heavy (non-hydrogen) atoms. The van der Waals surface area contributed by atoms with E-state index in [0.717, 1.165) is 35.3 Å². The zero-order valence-electron chi connectivity index (χ0n) is 16.5. The summed E-state index contributed by atoms with van der Waals surface area (Å²) in [5.41, 5.74) is 1.07. The van der Waals surface area contributed by atoms with Crippen molar-refractivity contribution in [1.29, 1.82) is 0 Å². The molecular formula is C21H25N3O5. The molecule has 4 amide bonds. The molecule has 0 aromatic heterocycles. The van der Waals surface area contributed by atoms with Gasteiger partial charge in [-0.05, 0) is 24.0 Å². The Bertz CT molecular complexity index is 862. The van der Waals surface area contributed by atoms with Gasteiger partial charge >= 0.3 is 12.0 Å². The van der Waals surface area contributed by atoms with Crippen molar-refractivity contribution in [2.45, 2.75) is 56.7 Å². The lowest BCUT2D eigenvalue weighted by Gasteiger charge is -2.36.